The van der Waals surface area contributed by atoms with Gasteiger partial charge in [0.1, 0.15) is 6.04 Å². The van der Waals surface area contributed by atoms with Gasteiger partial charge < -0.3 is 15.5 Å². The fourth-order valence-electron chi connectivity index (χ4n) is 6.27. The van der Waals surface area contributed by atoms with Gasteiger partial charge in [-0.05, 0) is 34.9 Å². The molecule has 1 unspecified atom stereocenters. The molecular formula is C43H37N5O3. The van der Waals surface area contributed by atoms with Crippen LogP contribution in [0.2, 0.25) is 0 Å². The van der Waals surface area contributed by atoms with Crippen LogP contribution in [0.25, 0.3) is 0 Å². The van der Waals surface area contributed by atoms with Crippen molar-refractivity contribution >= 4 is 23.8 Å². The molecule has 8 heteroatoms. The minimum atomic E-state index is -1.14. The number of carbonyl (C=O) groups is 3. The summed E-state index contributed by atoms with van der Waals surface area (Å²) >= 11 is 0. The van der Waals surface area contributed by atoms with Crippen LogP contribution in [0.4, 0.5) is 0 Å². The Labute approximate surface area is 297 Å². The summed E-state index contributed by atoms with van der Waals surface area (Å²) < 4.78 is 0. The normalized spacial score (nSPS) is 12.6. The number of nitrogens with zero attached hydrogens (tertiary/aromatic N) is 3. The minimum absolute atomic E-state index is 0.104. The van der Waals surface area contributed by atoms with Crippen LogP contribution < -0.4 is 10.6 Å². The third kappa shape index (κ3) is 8.35. The van der Waals surface area contributed by atoms with E-state index in [1.54, 1.807) is 85.2 Å². The Morgan fingerprint density at radius 3 is 2.00 bits per heavy atom. The first kappa shape index (κ1) is 34.3. The smallest absolute Gasteiger partial charge is 0.255 e. The summed E-state index contributed by atoms with van der Waals surface area (Å²) in [6.45, 7) is 0.954. The maximum absolute atomic E-state index is 14.9. The quantitative estimate of drug-likeness (QED) is 0.133. The Morgan fingerprint density at radius 2 is 1.37 bits per heavy atom. The van der Waals surface area contributed by atoms with E-state index >= 15 is 0 Å². The molecule has 5 aromatic carbocycles. The molecule has 0 fully saturated rings. The first-order chi connectivity index (χ1) is 25.0. The lowest BCUT2D eigenvalue weighted by molar-refractivity contribution is -0.126. The van der Waals surface area contributed by atoms with Crippen LogP contribution in [-0.2, 0) is 4.79 Å². The van der Waals surface area contributed by atoms with Crippen LogP contribution in [0.15, 0.2) is 156 Å². The van der Waals surface area contributed by atoms with E-state index in [2.05, 4.69) is 21.7 Å². The van der Waals surface area contributed by atoms with Crippen LogP contribution in [-0.4, -0.2) is 48.3 Å². The van der Waals surface area contributed by atoms with Crippen molar-refractivity contribution in [2.24, 2.45) is 4.99 Å². The zero-order chi connectivity index (χ0) is 35.4. The average molecular weight is 672 g/mol. The summed E-state index contributed by atoms with van der Waals surface area (Å²) in [4.78, 5) is 49.3. The van der Waals surface area contributed by atoms with Gasteiger partial charge in [-0.15, -0.1) is 0 Å². The summed E-state index contributed by atoms with van der Waals surface area (Å²) in [5.41, 5.74) is 4.45. The highest BCUT2D eigenvalue weighted by atomic mass is 16.2. The molecule has 1 aliphatic heterocycles. The molecule has 2 amide bonds. The zero-order valence-corrected chi connectivity index (χ0v) is 28.0. The van der Waals surface area contributed by atoms with Crippen LogP contribution in [0, 0.1) is 11.3 Å². The van der Waals surface area contributed by atoms with Gasteiger partial charge >= 0.3 is 0 Å². The summed E-state index contributed by atoms with van der Waals surface area (Å²) in [6, 6.07) is 43.1. The van der Waals surface area contributed by atoms with Crippen molar-refractivity contribution in [3.63, 3.8) is 0 Å². The highest BCUT2D eigenvalue weighted by Crippen LogP contribution is 2.29. The van der Waals surface area contributed by atoms with Gasteiger partial charge in [0.2, 0.25) is 5.91 Å². The number of ketones is 1. The summed E-state index contributed by atoms with van der Waals surface area (Å²) in [6.07, 6.45) is 3.89. The second-order valence-corrected chi connectivity index (χ2v) is 12.1. The van der Waals surface area contributed by atoms with Crippen LogP contribution in [0.1, 0.15) is 66.9 Å². The van der Waals surface area contributed by atoms with Crippen molar-refractivity contribution in [3.8, 4) is 6.07 Å². The number of rotatable bonds is 13. The van der Waals surface area contributed by atoms with Gasteiger partial charge in [0, 0.05) is 55.5 Å². The van der Waals surface area contributed by atoms with E-state index in [9.17, 15) is 19.6 Å². The van der Waals surface area contributed by atoms with E-state index in [-0.39, 0.29) is 35.9 Å². The summed E-state index contributed by atoms with van der Waals surface area (Å²) in [7, 11) is 0. The Bertz CT molecular complexity index is 2050. The Balaban J connectivity index is 1.41. The molecule has 1 aliphatic rings. The van der Waals surface area contributed by atoms with Crippen LogP contribution in [0.3, 0.4) is 0 Å². The second-order valence-electron chi connectivity index (χ2n) is 12.1. The molecule has 51 heavy (non-hydrogen) atoms. The van der Waals surface area contributed by atoms with Crippen molar-refractivity contribution in [1.29, 1.82) is 5.26 Å². The Morgan fingerprint density at radius 1 is 0.765 bits per heavy atom. The fraction of sp³-hybridized carbons (Fsp3) is 0.140. The third-order valence-corrected chi connectivity index (χ3v) is 8.82. The van der Waals surface area contributed by atoms with Gasteiger partial charge in [0.05, 0.1) is 22.9 Å². The number of amides is 2. The van der Waals surface area contributed by atoms with Crippen molar-refractivity contribution in [2.45, 2.75) is 18.4 Å². The van der Waals surface area contributed by atoms with Crippen molar-refractivity contribution < 1.29 is 14.4 Å². The average Bonchev–Trinajstić information content (AvgIpc) is 3.20. The molecule has 0 spiro atoms. The van der Waals surface area contributed by atoms with Crippen LogP contribution in [0.5, 0.6) is 0 Å². The van der Waals surface area contributed by atoms with E-state index < -0.39 is 17.9 Å². The van der Waals surface area contributed by atoms with E-state index in [0.29, 0.717) is 35.4 Å². The molecule has 5 aromatic rings. The molecule has 0 aromatic heterocycles. The number of carbonyl (C=O) groups excluding carboxylic acids is 3. The lowest BCUT2D eigenvalue weighted by Crippen LogP contribution is -2.45. The predicted octanol–water partition coefficient (Wildman–Crippen LogP) is 6.83. The van der Waals surface area contributed by atoms with Gasteiger partial charge in [0.25, 0.3) is 5.91 Å². The number of nitrogens with one attached hydrogen (secondary N) is 2. The molecule has 8 nitrogen and oxygen atoms in total. The number of aliphatic imine (C=N–C) groups is 1. The number of hydrogen-bond donors (Lipinski definition) is 2. The number of hydrogen-bond acceptors (Lipinski definition) is 6. The molecule has 6 rings (SSSR count). The first-order valence-electron chi connectivity index (χ1n) is 16.9. The molecule has 0 saturated heterocycles. The molecule has 0 aliphatic carbocycles. The summed E-state index contributed by atoms with van der Waals surface area (Å²) in [5, 5.41) is 16.1. The lowest BCUT2D eigenvalue weighted by Gasteiger charge is -2.33. The first-order valence-corrected chi connectivity index (χ1v) is 16.9. The van der Waals surface area contributed by atoms with Gasteiger partial charge in [0.15, 0.2) is 5.78 Å². The van der Waals surface area contributed by atoms with E-state index in [1.807, 2.05) is 66.7 Å². The standard InChI is InChI=1S/C43H37N5O3/c44-28-31-13-12-20-35(27-31)40(42(50)47-30-39(32-14-4-1-5-15-32)33-16-6-2-7-17-33)48(26-23-36-29-45-24-25-46-36)43(51)38-22-11-10-21-37(38)41(49)34-18-8-3-9-19-34/h1-22,25,27,29,39-40,45H,23-24,26,30H2,(H,47,50). The monoisotopic (exact) mass is 671 g/mol. The molecule has 2 N–H and O–H groups in total. The molecule has 1 heterocycles. The van der Waals surface area contributed by atoms with Crippen molar-refractivity contribution in [1.82, 2.24) is 15.5 Å². The maximum Gasteiger partial charge on any atom is 0.255 e. The van der Waals surface area contributed by atoms with Gasteiger partial charge in [-0.1, -0.05) is 121 Å². The van der Waals surface area contributed by atoms with E-state index in [4.69, 9.17) is 0 Å². The molecule has 0 bridgehead atoms. The maximum atomic E-state index is 14.9. The third-order valence-electron chi connectivity index (χ3n) is 8.82. The molecule has 0 saturated carbocycles. The molecule has 252 valence electrons. The molecule has 0 radical (unpaired) electrons. The minimum Gasteiger partial charge on any atom is -0.384 e. The Kier molecular flexibility index (Phi) is 11.2. The van der Waals surface area contributed by atoms with Crippen molar-refractivity contribution in [3.05, 3.63) is 190 Å². The topological polar surface area (TPSA) is 115 Å². The highest BCUT2D eigenvalue weighted by Gasteiger charge is 2.34. The largest absolute Gasteiger partial charge is 0.384 e. The second kappa shape index (κ2) is 16.7. The van der Waals surface area contributed by atoms with E-state index in [0.717, 1.165) is 11.1 Å². The van der Waals surface area contributed by atoms with Gasteiger partial charge in [-0.3, -0.25) is 19.4 Å². The lowest BCUT2D eigenvalue weighted by atomic mass is 9.91. The zero-order valence-electron chi connectivity index (χ0n) is 28.0. The van der Waals surface area contributed by atoms with Gasteiger partial charge in [-0.25, -0.2) is 0 Å². The van der Waals surface area contributed by atoms with E-state index in [1.165, 1.54) is 4.90 Å². The van der Waals surface area contributed by atoms with Gasteiger partial charge in [-0.2, -0.15) is 5.26 Å². The fourth-order valence-corrected chi connectivity index (χ4v) is 6.27. The van der Waals surface area contributed by atoms with Crippen LogP contribution >= 0.6 is 0 Å². The molecule has 1 atom stereocenters. The number of benzene rings is 5. The SMILES string of the molecule is N#Cc1cccc(C(C(=O)NCC(c2ccccc2)c2ccccc2)N(CCC2=CNCC=N2)C(=O)c2ccccc2C(=O)c2ccccc2)c1. The summed E-state index contributed by atoms with van der Waals surface area (Å²) in [5.74, 6) is -1.37. The van der Waals surface area contributed by atoms with Crippen molar-refractivity contribution in [2.75, 3.05) is 19.6 Å². The number of nitriles is 1. The highest BCUT2D eigenvalue weighted by molar-refractivity contribution is 6.15. The predicted molar refractivity (Wildman–Crippen MR) is 198 cm³/mol. The Hall–Kier alpha value is -6.59. The molecular weight excluding hydrogens is 635 g/mol.